The number of nitriles is 1. The van der Waals surface area contributed by atoms with Crippen LogP contribution in [0.3, 0.4) is 0 Å². The predicted molar refractivity (Wildman–Crippen MR) is 129 cm³/mol. The topological polar surface area (TPSA) is 116 Å². The van der Waals surface area contributed by atoms with Crippen LogP contribution in [-0.2, 0) is 7.05 Å². The molecular formula is C25H24N8O2. The molecule has 6 heterocycles. The van der Waals surface area contributed by atoms with Crippen LogP contribution in [0.15, 0.2) is 49.2 Å². The van der Waals surface area contributed by atoms with Crippen LogP contribution in [-0.4, -0.2) is 66.7 Å². The third-order valence-corrected chi connectivity index (χ3v) is 7.30. The first kappa shape index (κ1) is 21.2. The molecule has 0 bridgehead atoms. The minimum Gasteiger partial charge on any atom is -0.465 e. The fourth-order valence-electron chi connectivity index (χ4n) is 5.31. The molecule has 0 aromatic carbocycles. The Morgan fingerprint density at radius 1 is 1.06 bits per heavy atom. The molecule has 2 fully saturated rings. The first-order valence-corrected chi connectivity index (χ1v) is 11.5. The van der Waals surface area contributed by atoms with Gasteiger partial charge in [-0.15, -0.1) is 0 Å². The van der Waals surface area contributed by atoms with Crippen molar-refractivity contribution in [2.75, 3.05) is 31.1 Å². The second kappa shape index (κ2) is 7.84. The summed E-state index contributed by atoms with van der Waals surface area (Å²) in [4.78, 5) is 19.6. The molecule has 2 saturated heterocycles. The van der Waals surface area contributed by atoms with Gasteiger partial charge in [0.2, 0.25) is 0 Å². The monoisotopic (exact) mass is 468 g/mol. The molecule has 10 heteroatoms. The molecule has 6 rings (SSSR count). The van der Waals surface area contributed by atoms with Crippen LogP contribution in [0.25, 0.3) is 27.8 Å². The Kier molecular flexibility index (Phi) is 4.74. The van der Waals surface area contributed by atoms with E-state index in [9.17, 15) is 10.1 Å². The fraction of sp³-hybridized carbons (Fsp3) is 0.320. The van der Waals surface area contributed by atoms with E-state index in [1.54, 1.807) is 15.4 Å². The van der Waals surface area contributed by atoms with Crippen molar-refractivity contribution in [1.82, 2.24) is 29.3 Å². The van der Waals surface area contributed by atoms with Gasteiger partial charge in [0.25, 0.3) is 0 Å². The Morgan fingerprint density at radius 2 is 1.86 bits per heavy atom. The molecule has 2 aliphatic heterocycles. The molecule has 2 aliphatic rings. The number of rotatable bonds is 3. The number of pyridine rings is 2. The summed E-state index contributed by atoms with van der Waals surface area (Å²) in [5, 5.41) is 27.5. The molecule has 0 aliphatic carbocycles. The lowest BCUT2D eigenvalue weighted by atomic mass is 9.72. The van der Waals surface area contributed by atoms with Crippen LogP contribution in [0, 0.1) is 16.7 Å². The van der Waals surface area contributed by atoms with Crippen molar-refractivity contribution in [2.45, 2.75) is 12.8 Å². The van der Waals surface area contributed by atoms with Crippen LogP contribution in [0.1, 0.15) is 18.4 Å². The zero-order valence-electron chi connectivity index (χ0n) is 19.3. The quantitative estimate of drug-likeness (QED) is 0.491. The number of aryl methyl sites for hydroxylation is 1. The van der Waals surface area contributed by atoms with Crippen molar-refractivity contribution in [3.8, 4) is 28.3 Å². The van der Waals surface area contributed by atoms with Crippen LogP contribution in [0.5, 0.6) is 0 Å². The molecule has 1 spiro atoms. The number of carboxylic acid groups (broad SMARTS) is 1. The van der Waals surface area contributed by atoms with Gasteiger partial charge >= 0.3 is 6.09 Å². The number of hydrogen-bond acceptors (Lipinski definition) is 6. The number of anilines is 1. The Balaban J connectivity index is 1.28. The first-order valence-electron chi connectivity index (χ1n) is 11.5. The van der Waals surface area contributed by atoms with Gasteiger partial charge in [0, 0.05) is 79.5 Å². The van der Waals surface area contributed by atoms with E-state index in [-0.39, 0.29) is 5.41 Å². The molecule has 0 saturated carbocycles. The molecule has 4 aromatic rings. The minimum absolute atomic E-state index is 0.128. The maximum absolute atomic E-state index is 11.1. The third-order valence-electron chi connectivity index (χ3n) is 7.30. The van der Waals surface area contributed by atoms with Crippen molar-refractivity contribution in [3.63, 3.8) is 0 Å². The zero-order valence-corrected chi connectivity index (χ0v) is 19.3. The van der Waals surface area contributed by atoms with Crippen LogP contribution in [0.4, 0.5) is 10.6 Å². The second-order valence-electron chi connectivity index (χ2n) is 9.54. The van der Waals surface area contributed by atoms with Gasteiger partial charge in [0.15, 0.2) is 0 Å². The van der Waals surface area contributed by atoms with Gasteiger partial charge in [-0.1, -0.05) is 0 Å². The van der Waals surface area contributed by atoms with Gasteiger partial charge in [0.1, 0.15) is 11.9 Å². The van der Waals surface area contributed by atoms with E-state index in [2.05, 4.69) is 27.2 Å². The van der Waals surface area contributed by atoms with E-state index in [0.717, 1.165) is 59.5 Å². The highest BCUT2D eigenvalue weighted by atomic mass is 16.4. The Labute approximate surface area is 201 Å². The summed E-state index contributed by atoms with van der Waals surface area (Å²) >= 11 is 0. The summed E-state index contributed by atoms with van der Waals surface area (Å²) in [6.07, 6.45) is 10.2. The molecule has 4 aromatic heterocycles. The lowest BCUT2D eigenvalue weighted by molar-refractivity contribution is -0.00643. The van der Waals surface area contributed by atoms with E-state index >= 15 is 0 Å². The molecule has 10 nitrogen and oxygen atoms in total. The number of nitrogens with zero attached hydrogens (tertiary/aromatic N) is 8. The molecular weight excluding hydrogens is 444 g/mol. The Bertz CT molecular complexity index is 1460. The lowest BCUT2D eigenvalue weighted by Crippen LogP contribution is -2.61. The molecule has 0 radical (unpaired) electrons. The number of carbonyl (C=O) groups is 1. The molecule has 176 valence electrons. The fourth-order valence-corrected chi connectivity index (χ4v) is 5.31. The van der Waals surface area contributed by atoms with E-state index in [1.807, 2.05) is 44.0 Å². The highest BCUT2D eigenvalue weighted by Gasteiger charge is 2.46. The summed E-state index contributed by atoms with van der Waals surface area (Å²) in [6.45, 7) is 3.00. The summed E-state index contributed by atoms with van der Waals surface area (Å²) in [6, 6.07) is 8.36. The average Bonchev–Trinajstić information content (AvgIpc) is 3.48. The first-order chi connectivity index (χ1) is 16.9. The van der Waals surface area contributed by atoms with E-state index < -0.39 is 6.09 Å². The van der Waals surface area contributed by atoms with Gasteiger partial charge in [-0.05, 0) is 31.0 Å². The minimum atomic E-state index is -0.824. The number of amides is 1. The van der Waals surface area contributed by atoms with Gasteiger partial charge < -0.3 is 14.9 Å². The number of aromatic nitrogens is 5. The van der Waals surface area contributed by atoms with Crippen LogP contribution in [0.2, 0.25) is 0 Å². The van der Waals surface area contributed by atoms with E-state index in [4.69, 9.17) is 10.1 Å². The van der Waals surface area contributed by atoms with Crippen molar-refractivity contribution in [2.24, 2.45) is 12.5 Å². The summed E-state index contributed by atoms with van der Waals surface area (Å²) in [5.74, 6) is 0.909. The summed E-state index contributed by atoms with van der Waals surface area (Å²) in [5.41, 5.74) is 5.11. The van der Waals surface area contributed by atoms with Gasteiger partial charge in [-0.2, -0.15) is 15.5 Å². The van der Waals surface area contributed by atoms with Crippen LogP contribution < -0.4 is 4.90 Å². The maximum atomic E-state index is 11.1. The predicted octanol–water partition coefficient (Wildman–Crippen LogP) is 3.25. The standard InChI is InChI=1S/C25H24N8O2/c1-30-13-20(12-28-30)18-8-21(23-19(9-26)11-29-33(23)14-18)17-2-3-22(27-10-17)31-6-4-25(5-7-31)15-32(16-25)24(34)35/h2-3,8,10-14H,4-7,15-16H2,1H3,(H,34,35). The second-order valence-corrected chi connectivity index (χ2v) is 9.54. The molecule has 35 heavy (non-hydrogen) atoms. The lowest BCUT2D eigenvalue weighted by Gasteiger charge is -2.53. The Hall–Kier alpha value is -4.39. The average molecular weight is 469 g/mol. The SMILES string of the molecule is Cn1cc(-c2cc(-c3ccc(N4CCC5(CC4)CN(C(=O)O)C5)nc3)c3c(C#N)cnn3c2)cn1. The smallest absolute Gasteiger partial charge is 0.407 e. The van der Waals surface area contributed by atoms with E-state index in [0.29, 0.717) is 18.7 Å². The van der Waals surface area contributed by atoms with Gasteiger partial charge in [-0.25, -0.2) is 14.3 Å². The highest BCUT2D eigenvalue weighted by molar-refractivity contribution is 5.87. The van der Waals surface area contributed by atoms with Gasteiger partial charge in [-0.3, -0.25) is 4.68 Å². The number of likely N-dealkylation sites (tertiary alicyclic amines) is 1. The third kappa shape index (κ3) is 3.56. The zero-order chi connectivity index (χ0) is 24.2. The number of fused-ring (bicyclic) bond motifs is 1. The molecule has 1 amide bonds. The number of hydrogen-bond donors (Lipinski definition) is 1. The van der Waals surface area contributed by atoms with Crippen molar-refractivity contribution < 1.29 is 9.90 Å². The van der Waals surface area contributed by atoms with Crippen molar-refractivity contribution in [3.05, 3.63) is 54.7 Å². The summed E-state index contributed by atoms with van der Waals surface area (Å²) < 4.78 is 3.50. The van der Waals surface area contributed by atoms with Crippen molar-refractivity contribution in [1.29, 1.82) is 5.26 Å². The largest absolute Gasteiger partial charge is 0.465 e. The number of piperidine rings is 1. The van der Waals surface area contributed by atoms with Gasteiger partial charge in [0.05, 0.1) is 23.5 Å². The van der Waals surface area contributed by atoms with Crippen LogP contribution >= 0.6 is 0 Å². The Morgan fingerprint density at radius 3 is 2.49 bits per heavy atom. The summed E-state index contributed by atoms with van der Waals surface area (Å²) in [7, 11) is 1.88. The normalized spacial score (nSPS) is 16.9. The molecule has 1 N–H and O–H groups in total. The maximum Gasteiger partial charge on any atom is 0.407 e. The highest BCUT2D eigenvalue weighted by Crippen LogP contribution is 2.41. The van der Waals surface area contributed by atoms with E-state index in [1.165, 1.54) is 4.90 Å². The molecule has 0 atom stereocenters. The van der Waals surface area contributed by atoms with Crippen molar-refractivity contribution >= 4 is 17.4 Å². The molecule has 0 unspecified atom stereocenters.